The van der Waals surface area contributed by atoms with E-state index in [0.29, 0.717) is 22.1 Å². The summed E-state index contributed by atoms with van der Waals surface area (Å²) in [6.07, 6.45) is 3.87. The number of nitrogens with zero attached hydrogens (tertiary/aromatic N) is 3. The van der Waals surface area contributed by atoms with Crippen LogP contribution in [0.3, 0.4) is 0 Å². The van der Waals surface area contributed by atoms with Crippen molar-refractivity contribution in [3.8, 4) is 0 Å². The van der Waals surface area contributed by atoms with Gasteiger partial charge in [-0.2, -0.15) is 5.10 Å². The fraction of sp³-hybridized carbons (Fsp3) is 0.348. The van der Waals surface area contributed by atoms with Crippen LogP contribution in [0.4, 0.5) is 0 Å². The lowest BCUT2D eigenvalue weighted by Gasteiger charge is -2.32. The molecule has 3 aromatic rings. The second kappa shape index (κ2) is 8.48. The molecule has 4 rings (SSSR count). The van der Waals surface area contributed by atoms with Crippen molar-refractivity contribution in [1.29, 1.82) is 0 Å². The number of aryl methyl sites for hydroxylation is 1. The first-order chi connectivity index (χ1) is 14.5. The molecule has 1 fully saturated rings. The molecule has 156 valence electrons. The molecule has 6 nitrogen and oxygen atoms in total. The van der Waals surface area contributed by atoms with E-state index in [9.17, 15) is 9.59 Å². The molecule has 7 heteroatoms. The molecule has 0 unspecified atom stereocenters. The number of methoxy groups -OCH3 is 1. The monoisotopic (exact) mass is 425 g/mol. The SMILES string of the molecule is COC(=O)c1ccc2nn(CC3CCN(C(=O)c4ccc(Cl)cc4)CC3)cc2c1C. The van der Waals surface area contributed by atoms with Crippen LogP contribution in [0.15, 0.2) is 42.6 Å². The lowest BCUT2D eigenvalue weighted by Crippen LogP contribution is -2.39. The molecule has 2 heterocycles. The first-order valence-electron chi connectivity index (χ1n) is 10.1. The Kier molecular flexibility index (Phi) is 5.77. The Labute approximate surface area is 180 Å². The summed E-state index contributed by atoms with van der Waals surface area (Å²) in [6, 6.07) is 10.7. The number of hydrogen-bond donors (Lipinski definition) is 0. The smallest absolute Gasteiger partial charge is 0.338 e. The van der Waals surface area contributed by atoms with Gasteiger partial charge < -0.3 is 9.64 Å². The number of aromatic nitrogens is 2. The molecule has 1 aliphatic rings. The molecule has 0 atom stereocenters. The molecular formula is C23H24ClN3O3. The van der Waals surface area contributed by atoms with Crippen molar-refractivity contribution in [3.63, 3.8) is 0 Å². The van der Waals surface area contributed by atoms with E-state index in [4.69, 9.17) is 16.3 Å². The molecule has 2 aromatic carbocycles. The van der Waals surface area contributed by atoms with E-state index in [0.717, 1.165) is 48.9 Å². The Morgan fingerprint density at radius 2 is 1.83 bits per heavy atom. The number of piperidine rings is 1. The van der Waals surface area contributed by atoms with Gasteiger partial charge in [0.15, 0.2) is 0 Å². The lowest BCUT2D eigenvalue weighted by molar-refractivity contribution is 0.0599. The van der Waals surface area contributed by atoms with Gasteiger partial charge in [-0.3, -0.25) is 9.48 Å². The predicted octanol–water partition coefficient (Wildman–Crippen LogP) is 4.34. The highest BCUT2D eigenvalue weighted by Gasteiger charge is 2.24. The third-order valence-electron chi connectivity index (χ3n) is 5.85. The summed E-state index contributed by atoms with van der Waals surface area (Å²) in [5.74, 6) is 0.176. The predicted molar refractivity (Wildman–Crippen MR) is 116 cm³/mol. The minimum absolute atomic E-state index is 0.0564. The Bertz CT molecular complexity index is 1080. The minimum atomic E-state index is -0.333. The second-order valence-corrected chi connectivity index (χ2v) is 8.19. The van der Waals surface area contributed by atoms with Crippen molar-refractivity contribution < 1.29 is 14.3 Å². The third-order valence-corrected chi connectivity index (χ3v) is 6.10. The summed E-state index contributed by atoms with van der Waals surface area (Å²) >= 11 is 5.91. The van der Waals surface area contributed by atoms with E-state index < -0.39 is 0 Å². The third kappa shape index (κ3) is 4.05. The molecule has 1 saturated heterocycles. The van der Waals surface area contributed by atoms with Crippen LogP contribution >= 0.6 is 11.6 Å². The van der Waals surface area contributed by atoms with Gasteiger partial charge in [0.2, 0.25) is 0 Å². The molecule has 0 aliphatic carbocycles. The normalized spacial score (nSPS) is 14.8. The fourth-order valence-corrected chi connectivity index (χ4v) is 4.19. The molecule has 0 saturated carbocycles. The summed E-state index contributed by atoms with van der Waals surface area (Å²) < 4.78 is 6.81. The number of benzene rings is 2. The van der Waals surface area contributed by atoms with Crippen LogP contribution in [0, 0.1) is 12.8 Å². The molecule has 30 heavy (non-hydrogen) atoms. The first-order valence-corrected chi connectivity index (χ1v) is 10.4. The van der Waals surface area contributed by atoms with Crippen LogP contribution in [0.25, 0.3) is 10.9 Å². The highest BCUT2D eigenvalue weighted by molar-refractivity contribution is 6.30. The number of hydrogen-bond acceptors (Lipinski definition) is 4. The highest BCUT2D eigenvalue weighted by atomic mass is 35.5. The summed E-state index contributed by atoms with van der Waals surface area (Å²) in [6.45, 7) is 4.18. The fourth-order valence-electron chi connectivity index (χ4n) is 4.06. The van der Waals surface area contributed by atoms with Gasteiger partial charge in [0.05, 0.1) is 18.2 Å². The molecule has 0 bridgehead atoms. The maximum absolute atomic E-state index is 12.7. The number of ether oxygens (including phenoxy) is 1. The van der Waals surface area contributed by atoms with E-state index in [1.807, 2.05) is 28.8 Å². The van der Waals surface area contributed by atoms with Crippen molar-refractivity contribution >= 4 is 34.4 Å². The molecule has 1 amide bonds. The van der Waals surface area contributed by atoms with Crippen molar-refractivity contribution in [2.24, 2.45) is 5.92 Å². The summed E-state index contributed by atoms with van der Waals surface area (Å²) in [4.78, 5) is 26.5. The average molecular weight is 426 g/mol. The Balaban J connectivity index is 1.41. The first kappa shape index (κ1) is 20.4. The van der Waals surface area contributed by atoms with Gasteiger partial charge in [0, 0.05) is 41.8 Å². The van der Waals surface area contributed by atoms with Crippen molar-refractivity contribution in [1.82, 2.24) is 14.7 Å². The second-order valence-electron chi connectivity index (χ2n) is 7.76. The van der Waals surface area contributed by atoms with Gasteiger partial charge in [-0.05, 0) is 67.6 Å². The van der Waals surface area contributed by atoms with Crippen LogP contribution in [-0.2, 0) is 11.3 Å². The van der Waals surface area contributed by atoms with E-state index in [2.05, 4.69) is 5.10 Å². The Morgan fingerprint density at radius 1 is 1.13 bits per heavy atom. The Hall–Kier alpha value is -2.86. The van der Waals surface area contributed by atoms with E-state index >= 15 is 0 Å². The van der Waals surface area contributed by atoms with Gasteiger partial charge in [-0.25, -0.2) is 4.79 Å². The highest BCUT2D eigenvalue weighted by Crippen LogP contribution is 2.25. The lowest BCUT2D eigenvalue weighted by atomic mass is 9.96. The van der Waals surface area contributed by atoms with Crippen LogP contribution in [0.2, 0.25) is 5.02 Å². The number of carbonyl (C=O) groups excluding carboxylic acids is 2. The van der Waals surface area contributed by atoms with E-state index in [1.54, 1.807) is 30.3 Å². The van der Waals surface area contributed by atoms with Crippen LogP contribution in [0.1, 0.15) is 39.1 Å². The Morgan fingerprint density at radius 3 is 2.50 bits per heavy atom. The van der Waals surface area contributed by atoms with Crippen molar-refractivity contribution in [2.75, 3.05) is 20.2 Å². The minimum Gasteiger partial charge on any atom is -0.465 e. The molecule has 1 aromatic heterocycles. The summed E-state index contributed by atoms with van der Waals surface area (Å²) in [5.41, 5.74) is 3.00. The number of fused-ring (bicyclic) bond motifs is 1. The van der Waals surface area contributed by atoms with Crippen LogP contribution in [-0.4, -0.2) is 46.8 Å². The number of halogens is 1. The number of rotatable bonds is 4. The zero-order valence-corrected chi connectivity index (χ0v) is 17.9. The van der Waals surface area contributed by atoms with E-state index in [1.165, 1.54) is 7.11 Å². The van der Waals surface area contributed by atoms with Gasteiger partial charge in [0.25, 0.3) is 5.91 Å². The van der Waals surface area contributed by atoms with Crippen LogP contribution < -0.4 is 0 Å². The summed E-state index contributed by atoms with van der Waals surface area (Å²) in [7, 11) is 1.39. The van der Waals surface area contributed by atoms with Crippen LogP contribution in [0.5, 0.6) is 0 Å². The zero-order valence-electron chi connectivity index (χ0n) is 17.1. The standard InChI is InChI=1S/C23H24ClN3O3/c1-15-19(23(29)30-2)7-8-21-20(15)14-27(25-21)13-16-9-11-26(12-10-16)22(28)17-3-5-18(24)6-4-17/h3-8,14,16H,9-13H2,1-2H3. The van der Waals surface area contributed by atoms with Gasteiger partial charge in [0.1, 0.15) is 0 Å². The number of likely N-dealkylation sites (tertiary alicyclic amines) is 1. The molecule has 0 N–H and O–H groups in total. The average Bonchev–Trinajstić information content (AvgIpc) is 3.17. The maximum atomic E-state index is 12.7. The summed E-state index contributed by atoms with van der Waals surface area (Å²) in [5, 5.41) is 6.27. The van der Waals surface area contributed by atoms with Gasteiger partial charge >= 0.3 is 5.97 Å². The van der Waals surface area contributed by atoms with Crippen molar-refractivity contribution in [3.05, 3.63) is 64.3 Å². The van der Waals surface area contributed by atoms with Gasteiger partial charge in [-0.1, -0.05) is 11.6 Å². The molecule has 0 spiro atoms. The molecule has 1 aliphatic heterocycles. The number of amides is 1. The quantitative estimate of drug-likeness (QED) is 0.583. The molecular weight excluding hydrogens is 402 g/mol. The maximum Gasteiger partial charge on any atom is 0.338 e. The van der Waals surface area contributed by atoms with Gasteiger partial charge in [-0.15, -0.1) is 0 Å². The van der Waals surface area contributed by atoms with Crippen molar-refractivity contribution in [2.45, 2.75) is 26.3 Å². The zero-order chi connectivity index (χ0) is 21.3. The largest absolute Gasteiger partial charge is 0.465 e. The number of carbonyl (C=O) groups is 2. The van der Waals surface area contributed by atoms with E-state index in [-0.39, 0.29) is 11.9 Å². The molecule has 0 radical (unpaired) electrons. The number of esters is 1. The topological polar surface area (TPSA) is 64.4 Å².